The van der Waals surface area contributed by atoms with Crippen molar-refractivity contribution >= 4 is 17.7 Å². The Hall–Kier alpha value is -0.220. The number of rotatable bonds is 6. The van der Waals surface area contributed by atoms with Gasteiger partial charge in [-0.2, -0.15) is 11.8 Å². The van der Waals surface area contributed by atoms with Crippen molar-refractivity contribution in [3.63, 3.8) is 0 Å². The van der Waals surface area contributed by atoms with E-state index >= 15 is 0 Å². The molecule has 2 N–H and O–H groups in total. The molecule has 0 aromatic heterocycles. The number of carbonyl (C=O) groups is 1. The molecule has 1 saturated heterocycles. The number of nitrogens with one attached hydrogen (secondary N) is 2. The molecule has 0 saturated carbocycles. The van der Waals surface area contributed by atoms with Crippen molar-refractivity contribution in [2.75, 3.05) is 31.1 Å². The summed E-state index contributed by atoms with van der Waals surface area (Å²) in [6.45, 7) is 4.91. The summed E-state index contributed by atoms with van der Waals surface area (Å²) in [5.41, 5.74) is 0. The Morgan fingerprint density at radius 1 is 1.57 bits per heavy atom. The third-order valence-corrected chi connectivity index (χ3v) is 3.54. The van der Waals surface area contributed by atoms with Gasteiger partial charge in [0.1, 0.15) is 0 Å². The van der Waals surface area contributed by atoms with Crippen molar-refractivity contribution in [2.45, 2.75) is 19.8 Å². The Morgan fingerprint density at radius 2 is 2.43 bits per heavy atom. The molecule has 0 radical (unpaired) electrons. The summed E-state index contributed by atoms with van der Waals surface area (Å²) in [5.74, 6) is 2.69. The summed E-state index contributed by atoms with van der Waals surface area (Å²) in [6.07, 6.45) is 2.09. The van der Waals surface area contributed by atoms with Crippen molar-refractivity contribution < 1.29 is 7.65 Å². The second kappa shape index (κ2) is 7.12. The van der Waals surface area contributed by atoms with Crippen molar-refractivity contribution in [1.82, 2.24) is 10.6 Å². The zero-order chi connectivity index (χ0) is 10.2. The van der Waals surface area contributed by atoms with E-state index in [0.29, 0.717) is 0 Å². The summed E-state index contributed by atoms with van der Waals surface area (Å²) >= 11 is 1.88. The van der Waals surface area contributed by atoms with Crippen LogP contribution >= 0.6 is 11.8 Å². The first kappa shape index (κ1) is 11.9. The minimum atomic E-state index is 0. The van der Waals surface area contributed by atoms with Crippen LogP contribution in [0, 0.1) is 5.92 Å². The predicted molar refractivity (Wildman–Crippen MR) is 65.8 cm³/mol. The average Bonchev–Trinajstić information content (AvgIpc) is 2.70. The third kappa shape index (κ3) is 4.33. The molecule has 1 rings (SSSR count). The molecule has 0 aromatic rings. The van der Waals surface area contributed by atoms with Crippen LogP contribution in [0.3, 0.4) is 0 Å². The maximum atomic E-state index is 11.5. The molecule has 0 spiro atoms. The highest BCUT2D eigenvalue weighted by Gasteiger charge is 2.22. The van der Waals surface area contributed by atoms with E-state index in [2.05, 4.69) is 17.6 Å². The van der Waals surface area contributed by atoms with Gasteiger partial charge in [0.25, 0.3) is 0 Å². The van der Waals surface area contributed by atoms with E-state index < -0.39 is 0 Å². The van der Waals surface area contributed by atoms with Crippen molar-refractivity contribution in [3.8, 4) is 0 Å². The van der Waals surface area contributed by atoms with Crippen molar-refractivity contribution in [3.05, 3.63) is 0 Å². The minimum absolute atomic E-state index is 0. The van der Waals surface area contributed by atoms with Crippen LogP contribution in [0.4, 0.5) is 0 Å². The van der Waals surface area contributed by atoms with Gasteiger partial charge in [0.2, 0.25) is 5.91 Å². The summed E-state index contributed by atoms with van der Waals surface area (Å²) < 4.78 is 0. The largest absolute Gasteiger partial charge is 0.356 e. The molecule has 0 aliphatic carbocycles. The lowest BCUT2D eigenvalue weighted by Gasteiger charge is -2.09. The van der Waals surface area contributed by atoms with E-state index in [-0.39, 0.29) is 14.7 Å². The lowest BCUT2D eigenvalue weighted by Crippen LogP contribution is -2.32. The van der Waals surface area contributed by atoms with E-state index in [1.165, 1.54) is 0 Å². The van der Waals surface area contributed by atoms with Crippen LogP contribution in [0.2, 0.25) is 0 Å². The third-order valence-electron chi connectivity index (χ3n) is 2.38. The molecule has 1 fully saturated rings. The van der Waals surface area contributed by atoms with Gasteiger partial charge in [0.15, 0.2) is 0 Å². The highest BCUT2D eigenvalue weighted by molar-refractivity contribution is 7.99. The van der Waals surface area contributed by atoms with E-state index in [4.69, 9.17) is 0 Å². The topological polar surface area (TPSA) is 41.1 Å². The Bertz CT molecular complexity index is 178. The Morgan fingerprint density at radius 3 is 3.07 bits per heavy atom. The molecule has 3 nitrogen and oxygen atoms in total. The van der Waals surface area contributed by atoms with Crippen molar-refractivity contribution in [2.24, 2.45) is 5.92 Å². The standard InChI is InChI=1S/C10H20N2OS.2H2/c1-2-11-5-3-6-12-10(13)9-4-7-14-8-9;;/h9,11H,2-8H2,1H3,(H,12,13);2*1H. The molecule has 1 unspecified atom stereocenters. The molecule has 1 atom stereocenters. The molecule has 0 aromatic carbocycles. The van der Waals surface area contributed by atoms with Gasteiger partial charge < -0.3 is 10.6 Å². The van der Waals surface area contributed by atoms with Gasteiger partial charge in [-0.05, 0) is 31.7 Å². The number of hydrogen-bond donors (Lipinski definition) is 2. The van der Waals surface area contributed by atoms with Crippen LogP contribution in [0.25, 0.3) is 0 Å². The molecular formula is C10H24N2OS. The monoisotopic (exact) mass is 220 g/mol. The Kier molecular flexibility index (Phi) is 6.03. The molecule has 14 heavy (non-hydrogen) atoms. The molecule has 86 valence electrons. The van der Waals surface area contributed by atoms with Crippen molar-refractivity contribution in [1.29, 1.82) is 0 Å². The zero-order valence-corrected chi connectivity index (χ0v) is 9.66. The second-order valence-corrected chi connectivity index (χ2v) is 4.71. The summed E-state index contributed by atoms with van der Waals surface area (Å²) in [7, 11) is 0. The fourth-order valence-electron chi connectivity index (χ4n) is 1.49. The lowest BCUT2D eigenvalue weighted by atomic mass is 10.1. The second-order valence-electron chi connectivity index (χ2n) is 3.56. The van der Waals surface area contributed by atoms with Crippen LogP contribution < -0.4 is 10.6 Å². The fourth-order valence-corrected chi connectivity index (χ4v) is 2.71. The summed E-state index contributed by atoms with van der Waals surface area (Å²) in [4.78, 5) is 11.5. The van der Waals surface area contributed by atoms with E-state index in [0.717, 1.165) is 44.0 Å². The van der Waals surface area contributed by atoms with Crippen LogP contribution in [-0.4, -0.2) is 37.0 Å². The number of hydrogen-bond acceptors (Lipinski definition) is 3. The molecule has 1 aliphatic heterocycles. The number of amides is 1. The molecule has 4 heteroatoms. The minimum Gasteiger partial charge on any atom is -0.356 e. The first-order chi connectivity index (χ1) is 6.84. The van der Waals surface area contributed by atoms with E-state index in [9.17, 15) is 4.79 Å². The summed E-state index contributed by atoms with van der Waals surface area (Å²) in [6, 6.07) is 0. The SMILES string of the molecule is CCNCCCNC(=O)C1CCSC1.[HH].[HH]. The van der Waals surface area contributed by atoms with Gasteiger partial charge in [-0.15, -0.1) is 0 Å². The number of carbonyl (C=O) groups excluding carboxylic acids is 1. The van der Waals surface area contributed by atoms with Crippen LogP contribution in [0.15, 0.2) is 0 Å². The maximum absolute atomic E-state index is 11.5. The number of thioether (sulfide) groups is 1. The van der Waals surface area contributed by atoms with Gasteiger partial charge in [-0.25, -0.2) is 0 Å². The van der Waals surface area contributed by atoms with Crippen LogP contribution in [0.1, 0.15) is 22.6 Å². The van der Waals surface area contributed by atoms with Crippen LogP contribution in [0.5, 0.6) is 0 Å². The molecule has 1 heterocycles. The first-order valence-corrected chi connectivity index (χ1v) is 6.56. The van der Waals surface area contributed by atoms with Crippen LogP contribution in [-0.2, 0) is 4.79 Å². The van der Waals surface area contributed by atoms with Gasteiger partial charge in [-0.1, -0.05) is 6.92 Å². The highest BCUT2D eigenvalue weighted by atomic mass is 32.2. The normalized spacial score (nSPS) is 21.1. The van der Waals surface area contributed by atoms with Gasteiger partial charge in [0.05, 0.1) is 0 Å². The fraction of sp³-hybridized carbons (Fsp3) is 0.900. The Balaban J connectivity index is 0. The van der Waals surface area contributed by atoms with Gasteiger partial charge >= 0.3 is 0 Å². The Labute approximate surface area is 93.4 Å². The molecular weight excluding hydrogens is 196 g/mol. The van der Waals surface area contributed by atoms with E-state index in [1.54, 1.807) is 0 Å². The molecule has 1 aliphatic rings. The van der Waals surface area contributed by atoms with Gasteiger partial charge in [-0.3, -0.25) is 4.79 Å². The average molecular weight is 220 g/mol. The quantitative estimate of drug-likeness (QED) is 0.664. The lowest BCUT2D eigenvalue weighted by molar-refractivity contribution is -0.124. The summed E-state index contributed by atoms with van der Waals surface area (Å²) in [5, 5.41) is 6.23. The molecule has 1 amide bonds. The van der Waals surface area contributed by atoms with Gasteiger partial charge in [0, 0.05) is 21.1 Å². The highest BCUT2D eigenvalue weighted by Crippen LogP contribution is 2.23. The molecule has 0 bridgehead atoms. The smallest absolute Gasteiger partial charge is 0.223 e. The maximum Gasteiger partial charge on any atom is 0.223 e. The zero-order valence-electron chi connectivity index (χ0n) is 8.84. The predicted octanol–water partition coefficient (Wildman–Crippen LogP) is 1.35. The first-order valence-electron chi connectivity index (χ1n) is 5.40. The van der Waals surface area contributed by atoms with E-state index in [1.807, 2.05) is 11.8 Å².